The van der Waals surface area contributed by atoms with Gasteiger partial charge in [-0.2, -0.15) is 0 Å². The van der Waals surface area contributed by atoms with Gasteiger partial charge in [-0.25, -0.2) is 4.39 Å². The van der Waals surface area contributed by atoms with Crippen molar-refractivity contribution in [2.45, 2.75) is 12.6 Å². The summed E-state index contributed by atoms with van der Waals surface area (Å²) in [7, 11) is 0. The molecule has 0 spiro atoms. The standard InChI is InChI=1S/C14H11F/c15-14-9-10-5-1-2-6-11(10)12-7-3-4-8-13(12)14/h1-8,14H,9H2. The average molecular weight is 198 g/mol. The first kappa shape index (κ1) is 8.66. The third-order valence-corrected chi connectivity index (χ3v) is 3.00. The molecule has 0 aromatic heterocycles. The lowest BCUT2D eigenvalue weighted by atomic mass is 9.85. The highest BCUT2D eigenvalue weighted by molar-refractivity contribution is 5.73. The van der Waals surface area contributed by atoms with Crippen LogP contribution in [0.1, 0.15) is 17.3 Å². The van der Waals surface area contributed by atoms with E-state index in [1.165, 1.54) is 5.56 Å². The molecule has 2 aromatic rings. The molecule has 2 aromatic carbocycles. The van der Waals surface area contributed by atoms with Crippen LogP contribution in [0.3, 0.4) is 0 Å². The number of hydrogen-bond acceptors (Lipinski definition) is 0. The third kappa shape index (κ3) is 1.27. The van der Waals surface area contributed by atoms with Gasteiger partial charge in [0, 0.05) is 6.42 Å². The molecule has 1 unspecified atom stereocenters. The summed E-state index contributed by atoms with van der Waals surface area (Å²) in [5, 5.41) is 0. The van der Waals surface area contributed by atoms with Gasteiger partial charge in [0.25, 0.3) is 0 Å². The first-order chi connectivity index (χ1) is 7.36. The van der Waals surface area contributed by atoms with Gasteiger partial charge in [-0.1, -0.05) is 48.5 Å². The predicted octanol–water partition coefficient (Wildman–Crippen LogP) is 3.92. The van der Waals surface area contributed by atoms with Crippen LogP contribution in [0.15, 0.2) is 48.5 Å². The molecule has 1 aliphatic carbocycles. The zero-order valence-electron chi connectivity index (χ0n) is 8.28. The molecule has 15 heavy (non-hydrogen) atoms. The average Bonchev–Trinajstić information content (AvgIpc) is 2.30. The number of alkyl halides is 1. The maximum Gasteiger partial charge on any atom is 0.130 e. The molecule has 0 N–H and O–H groups in total. The molecular formula is C14H11F. The second-order valence-electron chi connectivity index (χ2n) is 3.92. The quantitative estimate of drug-likeness (QED) is 0.601. The second-order valence-corrected chi connectivity index (χ2v) is 3.92. The van der Waals surface area contributed by atoms with Crippen molar-refractivity contribution in [2.75, 3.05) is 0 Å². The number of hydrogen-bond donors (Lipinski definition) is 0. The maximum absolute atomic E-state index is 13.9. The van der Waals surface area contributed by atoms with Gasteiger partial charge in [-0.05, 0) is 22.3 Å². The highest BCUT2D eigenvalue weighted by atomic mass is 19.1. The molecule has 1 heteroatoms. The van der Waals surface area contributed by atoms with Crippen molar-refractivity contribution in [3.8, 4) is 11.1 Å². The Bertz CT molecular complexity index is 502. The lowest BCUT2D eigenvalue weighted by Gasteiger charge is -2.22. The monoisotopic (exact) mass is 198 g/mol. The fourth-order valence-electron chi connectivity index (χ4n) is 2.28. The summed E-state index contributed by atoms with van der Waals surface area (Å²) < 4.78 is 13.9. The van der Waals surface area contributed by atoms with E-state index in [1.54, 1.807) is 0 Å². The third-order valence-electron chi connectivity index (χ3n) is 3.00. The minimum Gasteiger partial charge on any atom is -0.242 e. The Morgan fingerprint density at radius 2 is 1.53 bits per heavy atom. The SMILES string of the molecule is FC1Cc2ccccc2-c2ccccc21. The minimum atomic E-state index is -0.851. The van der Waals surface area contributed by atoms with Crippen LogP contribution < -0.4 is 0 Å². The topological polar surface area (TPSA) is 0 Å². The fraction of sp³-hybridized carbons (Fsp3) is 0.143. The van der Waals surface area contributed by atoms with Crippen molar-refractivity contribution in [1.29, 1.82) is 0 Å². The number of fused-ring (bicyclic) bond motifs is 3. The van der Waals surface area contributed by atoms with Gasteiger partial charge in [0.15, 0.2) is 0 Å². The van der Waals surface area contributed by atoms with Crippen LogP contribution in [-0.2, 0) is 6.42 Å². The number of halogens is 1. The Kier molecular flexibility index (Phi) is 1.84. The molecule has 0 nitrogen and oxygen atoms in total. The molecule has 1 atom stereocenters. The van der Waals surface area contributed by atoms with Crippen molar-refractivity contribution < 1.29 is 4.39 Å². The van der Waals surface area contributed by atoms with Crippen LogP contribution in [0.2, 0.25) is 0 Å². The molecule has 0 aliphatic heterocycles. The van der Waals surface area contributed by atoms with Crippen molar-refractivity contribution in [3.63, 3.8) is 0 Å². The van der Waals surface area contributed by atoms with Gasteiger partial charge in [0.1, 0.15) is 6.17 Å². The molecular weight excluding hydrogens is 187 g/mol. The number of rotatable bonds is 0. The first-order valence-electron chi connectivity index (χ1n) is 5.17. The molecule has 74 valence electrons. The van der Waals surface area contributed by atoms with E-state index >= 15 is 0 Å². The van der Waals surface area contributed by atoms with E-state index in [0.29, 0.717) is 6.42 Å². The van der Waals surface area contributed by atoms with Crippen LogP contribution in [0, 0.1) is 0 Å². The van der Waals surface area contributed by atoms with E-state index in [1.807, 2.05) is 42.5 Å². The summed E-state index contributed by atoms with van der Waals surface area (Å²) in [5.41, 5.74) is 4.17. The largest absolute Gasteiger partial charge is 0.242 e. The fourth-order valence-corrected chi connectivity index (χ4v) is 2.28. The smallest absolute Gasteiger partial charge is 0.130 e. The van der Waals surface area contributed by atoms with Gasteiger partial charge >= 0.3 is 0 Å². The summed E-state index contributed by atoms with van der Waals surface area (Å²) in [6, 6.07) is 15.8. The molecule has 3 rings (SSSR count). The van der Waals surface area contributed by atoms with Gasteiger partial charge in [0.2, 0.25) is 0 Å². The van der Waals surface area contributed by atoms with Crippen LogP contribution in [0.25, 0.3) is 11.1 Å². The van der Waals surface area contributed by atoms with E-state index in [2.05, 4.69) is 6.07 Å². The molecule has 0 heterocycles. The molecule has 0 amide bonds. The highest BCUT2D eigenvalue weighted by Gasteiger charge is 2.22. The van der Waals surface area contributed by atoms with Crippen LogP contribution in [0.5, 0.6) is 0 Å². The minimum absolute atomic E-state index is 0.507. The van der Waals surface area contributed by atoms with Crippen LogP contribution >= 0.6 is 0 Å². The van der Waals surface area contributed by atoms with E-state index < -0.39 is 6.17 Å². The Labute approximate surface area is 88.4 Å². The van der Waals surface area contributed by atoms with E-state index in [-0.39, 0.29) is 0 Å². The van der Waals surface area contributed by atoms with Gasteiger partial charge in [-0.3, -0.25) is 0 Å². The molecule has 0 saturated carbocycles. The van der Waals surface area contributed by atoms with Gasteiger partial charge in [-0.15, -0.1) is 0 Å². The summed E-state index contributed by atoms with van der Waals surface area (Å²) in [5.74, 6) is 0. The molecule has 0 bridgehead atoms. The summed E-state index contributed by atoms with van der Waals surface area (Å²) >= 11 is 0. The second kappa shape index (κ2) is 3.20. The van der Waals surface area contributed by atoms with Crippen molar-refractivity contribution in [3.05, 3.63) is 59.7 Å². The Hall–Kier alpha value is -1.63. The lowest BCUT2D eigenvalue weighted by Crippen LogP contribution is -2.06. The van der Waals surface area contributed by atoms with Crippen molar-refractivity contribution in [1.82, 2.24) is 0 Å². The van der Waals surface area contributed by atoms with E-state index in [9.17, 15) is 4.39 Å². The molecule has 0 fully saturated rings. The van der Waals surface area contributed by atoms with Crippen molar-refractivity contribution in [2.24, 2.45) is 0 Å². The lowest BCUT2D eigenvalue weighted by molar-refractivity contribution is 0.340. The summed E-state index contributed by atoms with van der Waals surface area (Å²) in [4.78, 5) is 0. The summed E-state index contributed by atoms with van der Waals surface area (Å²) in [6.45, 7) is 0. The maximum atomic E-state index is 13.9. The van der Waals surface area contributed by atoms with E-state index in [0.717, 1.165) is 16.7 Å². The molecule has 0 saturated heterocycles. The molecule has 1 aliphatic rings. The normalized spacial score (nSPS) is 18.1. The Morgan fingerprint density at radius 3 is 2.40 bits per heavy atom. The predicted molar refractivity (Wildman–Crippen MR) is 59.4 cm³/mol. The first-order valence-corrected chi connectivity index (χ1v) is 5.17. The zero-order chi connectivity index (χ0) is 10.3. The van der Waals surface area contributed by atoms with Crippen LogP contribution in [0.4, 0.5) is 4.39 Å². The van der Waals surface area contributed by atoms with Gasteiger partial charge in [0.05, 0.1) is 0 Å². The number of benzene rings is 2. The Balaban J connectivity index is 2.30. The van der Waals surface area contributed by atoms with Crippen molar-refractivity contribution >= 4 is 0 Å². The Morgan fingerprint density at radius 1 is 0.867 bits per heavy atom. The van der Waals surface area contributed by atoms with Crippen LogP contribution in [-0.4, -0.2) is 0 Å². The van der Waals surface area contributed by atoms with E-state index in [4.69, 9.17) is 0 Å². The summed E-state index contributed by atoms with van der Waals surface area (Å²) in [6.07, 6.45) is -0.344. The molecule has 0 radical (unpaired) electrons. The zero-order valence-corrected chi connectivity index (χ0v) is 8.28. The van der Waals surface area contributed by atoms with Gasteiger partial charge < -0.3 is 0 Å². The highest BCUT2D eigenvalue weighted by Crippen LogP contribution is 2.39.